The number of rotatable bonds is 9. The molecule has 1 saturated heterocycles. The van der Waals surface area contributed by atoms with E-state index >= 15 is 0 Å². The predicted molar refractivity (Wildman–Crippen MR) is 81.8 cm³/mol. The van der Waals surface area contributed by atoms with Gasteiger partial charge in [0.1, 0.15) is 31.0 Å². The molecule has 0 aromatic rings. The number of alkyl carbamates (subject to hydrolysis) is 1. The summed E-state index contributed by atoms with van der Waals surface area (Å²) in [6, 6.07) is 0. The molecule has 0 aromatic heterocycles. The highest BCUT2D eigenvalue weighted by atomic mass is 16.7. The van der Waals surface area contributed by atoms with Crippen LogP contribution in [-0.2, 0) is 14.2 Å². The van der Waals surface area contributed by atoms with Gasteiger partial charge in [0.15, 0.2) is 6.29 Å². The van der Waals surface area contributed by atoms with Crippen molar-refractivity contribution in [2.24, 2.45) is 0 Å². The molecule has 0 spiro atoms. The van der Waals surface area contributed by atoms with Crippen molar-refractivity contribution in [3.63, 3.8) is 0 Å². The summed E-state index contributed by atoms with van der Waals surface area (Å²) in [5.41, 5.74) is 0. The van der Waals surface area contributed by atoms with Crippen molar-refractivity contribution in [3.8, 4) is 0 Å². The topological polar surface area (TPSA) is 117 Å². The Balaban J connectivity index is 2.24. The Morgan fingerprint density at radius 3 is 2.43 bits per heavy atom. The zero-order chi connectivity index (χ0) is 17.2. The van der Waals surface area contributed by atoms with Crippen LogP contribution in [0.4, 0.5) is 4.79 Å². The molecule has 8 nitrogen and oxygen atoms in total. The van der Waals surface area contributed by atoms with E-state index in [1.54, 1.807) is 0 Å². The molecule has 1 heterocycles. The number of carbonyl (C=O) groups excluding carboxylic acids is 1. The lowest BCUT2D eigenvalue weighted by Gasteiger charge is -2.39. The van der Waals surface area contributed by atoms with Crippen molar-refractivity contribution >= 4 is 6.09 Å². The Bertz CT molecular complexity index is 340. The van der Waals surface area contributed by atoms with Crippen LogP contribution in [-0.4, -0.2) is 72.4 Å². The minimum Gasteiger partial charge on any atom is -0.447 e. The van der Waals surface area contributed by atoms with Gasteiger partial charge in [-0.25, -0.2) is 4.79 Å². The summed E-state index contributed by atoms with van der Waals surface area (Å²) in [6.45, 7) is 2.42. The van der Waals surface area contributed by atoms with Crippen LogP contribution < -0.4 is 5.32 Å². The van der Waals surface area contributed by atoms with E-state index in [0.29, 0.717) is 6.54 Å². The van der Waals surface area contributed by atoms with Crippen LogP contribution in [0.1, 0.15) is 39.0 Å². The van der Waals surface area contributed by atoms with Gasteiger partial charge in [0.25, 0.3) is 0 Å². The lowest BCUT2D eigenvalue weighted by molar-refractivity contribution is -0.294. The molecule has 2 unspecified atom stereocenters. The third kappa shape index (κ3) is 6.60. The van der Waals surface area contributed by atoms with Gasteiger partial charge in [-0.3, -0.25) is 0 Å². The van der Waals surface area contributed by atoms with E-state index in [2.05, 4.69) is 12.2 Å². The molecule has 136 valence electrons. The Morgan fingerprint density at radius 1 is 1.09 bits per heavy atom. The highest BCUT2D eigenvalue weighted by Crippen LogP contribution is 2.21. The van der Waals surface area contributed by atoms with Crippen LogP contribution in [0.15, 0.2) is 0 Å². The molecule has 5 atom stereocenters. The number of ether oxygens (including phenoxy) is 3. The van der Waals surface area contributed by atoms with Crippen LogP contribution >= 0.6 is 0 Å². The normalized spacial score (nSPS) is 30.9. The van der Waals surface area contributed by atoms with E-state index in [1.807, 2.05) is 0 Å². The van der Waals surface area contributed by atoms with Crippen LogP contribution in [0.2, 0.25) is 0 Å². The molecule has 1 fully saturated rings. The van der Waals surface area contributed by atoms with Crippen molar-refractivity contribution in [2.45, 2.75) is 69.7 Å². The smallest absolute Gasteiger partial charge is 0.407 e. The number of methoxy groups -OCH3 is 1. The van der Waals surface area contributed by atoms with Gasteiger partial charge in [-0.1, -0.05) is 32.6 Å². The van der Waals surface area contributed by atoms with Gasteiger partial charge < -0.3 is 34.8 Å². The van der Waals surface area contributed by atoms with Crippen molar-refractivity contribution < 1.29 is 34.3 Å². The van der Waals surface area contributed by atoms with Crippen LogP contribution in [0.5, 0.6) is 0 Å². The lowest BCUT2D eigenvalue weighted by Crippen LogP contribution is -2.59. The van der Waals surface area contributed by atoms with Crippen molar-refractivity contribution in [2.75, 3.05) is 20.3 Å². The van der Waals surface area contributed by atoms with E-state index in [-0.39, 0.29) is 6.61 Å². The van der Waals surface area contributed by atoms with E-state index < -0.39 is 36.8 Å². The maximum absolute atomic E-state index is 11.6. The monoisotopic (exact) mass is 335 g/mol. The third-order valence-electron chi connectivity index (χ3n) is 3.83. The van der Waals surface area contributed by atoms with E-state index in [0.717, 1.165) is 19.3 Å². The number of hydrogen-bond donors (Lipinski definition) is 4. The SMILES string of the molecule is CCCCCCCNC(=O)OCC1O[C@H](OC)C(O)[C@@H](O)[C@@H]1O. The third-order valence-corrected chi connectivity index (χ3v) is 3.83. The quantitative estimate of drug-likeness (QED) is 0.443. The van der Waals surface area contributed by atoms with Crippen LogP contribution in [0.25, 0.3) is 0 Å². The second-order valence-corrected chi connectivity index (χ2v) is 5.69. The van der Waals surface area contributed by atoms with Crippen molar-refractivity contribution in [1.29, 1.82) is 0 Å². The summed E-state index contributed by atoms with van der Waals surface area (Å²) in [7, 11) is 1.31. The van der Waals surface area contributed by atoms with E-state index in [1.165, 1.54) is 20.0 Å². The van der Waals surface area contributed by atoms with Gasteiger partial charge in [-0.2, -0.15) is 0 Å². The number of nitrogens with one attached hydrogen (secondary N) is 1. The maximum atomic E-state index is 11.6. The van der Waals surface area contributed by atoms with Gasteiger partial charge >= 0.3 is 6.09 Å². The fourth-order valence-corrected chi connectivity index (χ4v) is 2.38. The minimum absolute atomic E-state index is 0.244. The molecule has 0 aromatic carbocycles. The van der Waals surface area contributed by atoms with Gasteiger partial charge in [-0.15, -0.1) is 0 Å². The molecule has 0 saturated carbocycles. The fourth-order valence-electron chi connectivity index (χ4n) is 2.38. The molecular weight excluding hydrogens is 306 g/mol. The molecule has 1 aliphatic rings. The maximum Gasteiger partial charge on any atom is 0.407 e. The zero-order valence-electron chi connectivity index (χ0n) is 13.8. The first-order chi connectivity index (χ1) is 11.0. The number of amides is 1. The average molecular weight is 335 g/mol. The van der Waals surface area contributed by atoms with Gasteiger partial charge in [-0.05, 0) is 6.42 Å². The average Bonchev–Trinajstić information content (AvgIpc) is 2.55. The highest BCUT2D eigenvalue weighted by molar-refractivity contribution is 5.67. The fraction of sp³-hybridized carbons (Fsp3) is 0.933. The van der Waals surface area contributed by atoms with E-state index in [9.17, 15) is 20.1 Å². The largest absolute Gasteiger partial charge is 0.447 e. The van der Waals surface area contributed by atoms with Gasteiger partial charge in [0.05, 0.1) is 0 Å². The predicted octanol–water partition coefficient (Wildman–Crippen LogP) is 0.137. The second-order valence-electron chi connectivity index (χ2n) is 5.69. The van der Waals surface area contributed by atoms with Gasteiger partial charge in [0.2, 0.25) is 0 Å². The van der Waals surface area contributed by atoms with Crippen LogP contribution in [0.3, 0.4) is 0 Å². The molecule has 0 bridgehead atoms. The first-order valence-electron chi connectivity index (χ1n) is 8.14. The molecule has 23 heavy (non-hydrogen) atoms. The number of aliphatic hydroxyl groups excluding tert-OH is 3. The molecule has 0 radical (unpaired) electrons. The lowest BCUT2D eigenvalue weighted by atomic mass is 9.99. The number of hydrogen-bond acceptors (Lipinski definition) is 7. The molecule has 8 heteroatoms. The summed E-state index contributed by atoms with van der Waals surface area (Å²) in [6.07, 6.45) is -1.35. The molecule has 4 N–H and O–H groups in total. The number of aliphatic hydroxyl groups is 3. The summed E-state index contributed by atoms with van der Waals surface area (Å²) >= 11 is 0. The number of carbonyl (C=O) groups is 1. The second kappa shape index (κ2) is 10.8. The van der Waals surface area contributed by atoms with Crippen molar-refractivity contribution in [1.82, 2.24) is 5.32 Å². The summed E-state index contributed by atoms with van der Waals surface area (Å²) < 4.78 is 15.1. The first kappa shape index (κ1) is 20.1. The van der Waals surface area contributed by atoms with E-state index in [4.69, 9.17) is 14.2 Å². The molecule has 0 aliphatic carbocycles. The van der Waals surface area contributed by atoms with Crippen LogP contribution in [0, 0.1) is 0 Å². The Kier molecular flexibility index (Phi) is 9.42. The highest BCUT2D eigenvalue weighted by Gasteiger charge is 2.44. The standard InChI is InChI=1S/C15H29NO7/c1-3-4-5-6-7-8-16-15(20)22-9-10-11(17)12(18)13(19)14(21-2)23-10/h10-14,17-19H,3-9H2,1-2H3,(H,16,20)/t10?,11-,12+,13?,14+/m1/s1. The zero-order valence-corrected chi connectivity index (χ0v) is 13.8. The van der Waals surface area contributed by atoms with Gasteiger partial charge in [0, 0.05) is 13.7 Å². The van der Waals surface area contributed by atoms with Crippen molar-refractivity contribution in [3.05, 3.63) is 0 Å². The minimum atomic E-state index is -1.43. The summed E-state index contributed by atoms with van der Waals surface area (Å²) in [5, 5.41) is 31.8. The molecule has 1 amide bonds. The first-order valence-corrected chi connectivity index (χ1v) is 8.14. The molecule has 1 aliphatic heterocycles. The molecule has 1 rings (SSSR count). The summed E-state index contributed by atoms with van der Waals surface area (Å²) in [4.78, 5) is 11.6. The Hall–Kier alpha value is -0.930. The Morgan fingerprint density at radius 2 is 1.78 bits per heavy atom. The number of unbranched alkanes of at least 4 members (excludes halogenated alkanes) is 4. The Labute approximate surface area is 136 Å². The molecular formula is C15H29NO7. The summed E-state index contributed by atoms with van der Waals surface area (Å²) in [5.74, 6) is 0.